The molecule has 2 aromatic carbocycles. The second-order valence-electron chi connectivity index (χ2n) is 5.48. The molecule has 0 saturated carbocycles. The summed E-state index contributed by atoms with van der Waals surface area (Å²) in [5.41, 5.74) is 2.78. The highest BCUT2D eigenvalue weighted by atomic mass is 16.5. The highest BCUT2D eigenvalue weighted by Crippen LogP contribution is 2.33. The predicted molar refractivity (Wildman–Crippen MR) is 94.1 cm³/mol. The van der Waals surface area contributed by atoms with Crippen LogP contribution in [0.4, 0.5) is 0 Å². The van der Waals surface area contributed by atoms with E-state index in [0.29, 0.717) is 22.9 Å². The number of nitriles is 1. The first-order valence-corrected chi connectivity index (χ1v) is 7.88. The summed E-state index contributed by atoms with van der Waals surface area (Å²) in [6.45, 7) is 1.28. The van der Waals surface area contributed by atoms with E-state index < -0.39 is 5.97 Å². The van der Waals surface area contributed by atoms with E-state index in [9.17, 15) is 4.79 Å². The number of hydrogen-bond donors (Lipinski definition) is 0. The fourth-order valence-corrected chi connectivity index (χ4v) is 2.43. The number of benzene rings is 2. The van der Waals surface area contributed by atoms with Gasteiger partial charge in [-0.15, -0.1) is 0 Å². The molecule has 0 radical (unpaired) electrons. The second kappa shape index (κ2) is 7.53. The predicted octanol–water partition coefficient (Wildman–Crippen LogP) is 3.95. The molecule has 0 fully saturated rings. The molecule has 0 aliphatic carbocycles. The first-order valence-electron chi connectivity index (χ1n) is 7.88. The molecule has 1 heterocycles. The van der Waals surface area contributed by atoms with Crippen LogP contribution in [-0.4, -0.2) is 18.1 Å². The van der Waals surface area contributed by atoms with E-state index >= 15 is 0 Å². The van der Waals surface area contributed by atoms with Crippen LogP contribution in [0.3, 0.4) is 0 Å². The van der Waals surface area contributed by atoms with Crippen molar-refractivity contribution < 1.29 is 18.7 Å². The van der Waals surface area contributed by atoms with Gasteiger partial charge in [-0.05, 0) is 36.4 Å². The summed E-state index contributed by atoms with van der Waals surface area (Å²) in [6, 6.07) is 16.5. The second-order valence-corrected chi connectivity index (χ2v) is 5.48. The summed E-state index contributed by atoms with van der Waals surface area (Å²) in [6.07, 6.45) is 0. The van der Waals surface area contributed by atoms with Crippen molar-refractivity contribution in [3.63, 3.8) is 0 Å². The van der Waals surface area contributed by atoms with Crippen LogP contribution in [0.2, 0.25) is 0 Å². The molecule has 3 aromatic rings. The van der Waals surface area contributed by atoms with Gasteiger partial charge in [0.15, 0.2) is 12.4 Å². The molecule has 0 unspecified atom stereocenters. The minimum atomic E-state index is -0.408. The number of nitrogens with zero attached hydrogens (tertiary/aromatic N) is 2. The molecular formula is C20H16N2O4. The van der Waals surface area contributed by atoms with Gasteiger partial charge < -0.3 is 13.9 Å². The zero-order valence-electron chi connectivity index (χ0n) is 14.4. The van der Waals surface area contributed by atoms with Crippen LogP contribution in [-0.2, 0) is 16.1 Å². The smallest absolute Gasteiger partial charge is 0.303 e. The lowest BCUT2D eigenvalue weighted by Gasteiger charge is -2.03. The maximum atomic E-state index is 11.1. The van der Waals surface area contributed by atoms with E-state index in [1.807, 2.05) is 24.3 Å². The third-order valence-electron chi connectivity index (χ3n) is 3.71. The molecular weight excluding hydrogens is 332 g/mol. The van der Waals surface area contributed by atoms with E-state index in [-0.39, 0.29) is 6.61 Å². The number of rotatable bonds is 5. The van der Waals surface area contributed by atoms with Crippen LogP contribution in [0.1, 0.15) is 18.4 Å². The zero-order valence-corrected chi connectivity index (χ0v) is 14.4. The Morgan fingerprint density at radius 1 is 1.12 bits per heavy atom. The van der Waals surface area contributed by atoms with Crippen molar-refractivity contribution in [1.82, 2.24) is 4.98 Å². The van der Waals surface area contributed by atoms with Gasteiger partial charge >= 0.3 is 5.97 Å². The third-order valence-corrected chi connectivity index (χ3v) is 3.71. The topological polar surface area (TPSA) is 85.3 Å². The first-order chi connectivity index (χ1) is 12.6. The van der Waals surface area contributed by atoms with Gasteiger partial charge in [0.1, 0.15) is 11.4 Å². The molecule has 0 amide bonds. The summed E-state index contributed by atoms with van der Waals surface area (Å²) in [4.78, 5) is 15.5. The number of ether oxygens (including phenoxy) is 2. The van der Waals surface area contributed by atoms with Gasteiger partial charge in [0.25, 0.3) is 0 Å². The average Bonchev–Trinajstić information content (AvgIpc) is 3.11. The zero-order chi connectivity index (χ0) is 18.5. The molecule has 0 atom stereocenters. The van der Waals surface area contributed by atoms with Gasteiger partial charge in [-0.3, -0.25) is 4.79 Å². The summed E-state index contributed by atoms with van der Waals surface area (Å²) >= 11 is 0. The molecule has 0 bridgehead atoms. The van der Waals surface area contributed by atoms with Crippen molar-refractivity contribution in [3.8, 4) is 34.4 Å². The van der Waals surface area contributed by atoms with Crippen molar-refractivity contribution >= 4 is 5.97 Å². The van der Waals surface area contributed by atoms with Crippen LogP contribution >= 0.6 is 0 Å². The van der Waals surface area contributed by atoms with Crippen LogP contribution < -0.4 is 4.74 Å². The minimum Gasteiger partial charge on any atom is -0.497 e. The van der Waals surface area contributed by atoms with E-state index in [0.717, 1.165) is 16.9 Å². The van der Waals surface area contributed by atoms with Crippen LogP contribution in [0.5, 0.6) is 5.75 Å². The normalized spacial score (nSPS) is 10.2. The number of oxazole rings is 1. The standard InChI is InChI=1S/C20H16N2O4/c1-13(23)25-12-18-22-19(15-5-3-14(11-21)4-6-15)20(26-18)16-7-9-17(24-2)10-8-16/h3-10H,12H2,1-2H3. The number of hydrogen-bond acceptors (Lipinski definition) is 6. The Morgan fingerprint density at radius 3 is 2.35 bits per heavy atom. The van der Waals surface area contributed by atoms with Crippen LogP contribution in [0.15, 0.2) is 52.9 Å². The van der Waals surface area contributed by atoms with Crippen molar-refractivity contribution in [2.24, 2.45) is 0 Å². The molecule has 6 nitrogen and oxygen atoms in total. The van der Waals surface area contributed by atoms with Crippen LogP contribution in [0.25, 0.3) is 22.6 Å². The van der Waals surface area contributed by atoms with Crippen molar-refractivity contribution in [3.05, 3.63) is 60.0 Å². The Morgan fingerprint density at radius 2 is 1.77 bits per heavy atom. The molecule has 6 heteroatoms. The van der Waals surface area contributed by atoms with E-state index in [1.165, 1.54) is 6.92 Å². The first kappa shape index (κ1) is 17.2. The lowest BCUT2D eigenvalue weighted by molar-refractivity contribution is -0.142. The fraction of sp³-hybridized carbons (Fsp3) is 0.150. The van der Waals surface area contributed by atoms with Gasteiger partial charge in [-0.2, -0.15) is 5.26 Å². The van der Waals surface area contributed by atoms with Crippen molar-refractivity contribution in [2.45, 2.75) is 13.5 Å². The molecule has 0 N–H and O–H groups in total. The lowest BCUT2D eigenvalue weighted by atomic mass is 10.0. The summed E-state index contributed by atoms with van der Waals surface area (Å²) in [7, 11) is 1.60. The number of aromatic nitrogens is 1. The molecule has 0 aliphatic heterocycles. The lowest BCUT2D eigenvalue weighted by Crippen LogP contribution is -1.98. The Hall–Kier alpha value is -3.59. The van der Waals surface area contributed by atoms with E-state index in [2.05, 4.69) is 11.1 Å². The number of methoxy groups -OCH3 is 1. The summed E-state index contributed by atoms with van der Waals surface area (Å²) in [5.74, 6) is 1.17. The SMILES string of the molecule is COc1ccc(-c2oc(COC(C)=O)nc2-c2ccc(C#N)cc2)cc1. The largest absolute Gasteiger partial charge is 0.497 e. The molecule has 130 valence electrons. The maximum Gasteiger partial charge on any atom is 0.303 e. The number of esters is 1. The van der Waals surface area contributed by atoms with Crippen molar-refractivity contribution in [2.75, 3.05) is 7.11 Å². The van der Waals surface area contributed by atoms with E-state index in [1.54, 1.807) is 31.4 Å². The Labute approximate surface area is 150 Å². The van der Waals surface area contributed by atoms with Gasteiger partial charge in [0.2, 0.25) is 5.89 Å². The van der Waals surface area contributed by atoms with Crippen molar-refractivity contribution in [1.29, 1.82) is 5.26 Å². The minimum absolute atomic E-state index is 0.0469. The van der Waals surface area contributed by atoms with E-state index in [4.69, 9.17) is 19.2 Å². The van der Waals surface area contributed by atoms with Crippen LogP contribution in [0, 0.1) is 11.3 Å². The number of carbonyl (C=O) groups is 1. The van der Waals surface area contributed by atoms with Gasteiger partial charge in [-0.25, -0.2) is 4.98 Å². The Balaban J connectivity index is 2.04. The molecule has 1 aromatic heterocycles. The summed E-state index contributed by atoms with van der Waals surface area (Å²) < 4.78 is 16.0. The third kappa shape index (κ3) is 3.73. The molecule has 0 aliphatic rings. The maximum absolute atomic E-state index is 11.1. The highest BCUT2D eigenvalue weighted by Gasteiger charge is 2.18. The quantitative estimate of drug-likeness (QED) is 0.649. The number of carbonyl (C=O) groups excluding carboxylic acids is 1. The fourth-order valence-electron chi connectivity index (χ4n) is 2.43. The summed E-state index contributed by atoms with van der Waals surface area (Å²) in [5, 5.41) is 8.96. The highest BCUT2D eigenvalue weighted by molar-refractivity contribution is 5.77. The molecule has 0 saturated heterocycles. The Kier molecular flexibility index (Phi) is 4.99. The van der Waals surface area contributed by atoms with Gasteiger partial charge in [0, 0.05) is 18.1 Å². The van der Waals surface area contributed by atoms with Gasteiger partial charge in [0.05, 0.1) is 18.7 Å². The molecule has 3 rings (SSSR count). The Bertz CT molecular complexity index is 951. The monoisotopic (exact) mass is 348 g/mol. The molecule has 0 spiro atoms. The van der Waals surface area contributed by atoms with Gasteiger partial charge in [-0.1, -0.05) is 12.1 Å². The average molecular weight is 348 g/mol. The molecule has 26 heavy (non-hydrogen) atoms.